The minimum Gasteiger partial charge on any atom is -0.438 e. The zero-order valence-electron chi connectivity index (χ0n) is 16.1. The van der Waals surface area contributed by atoms with Gasteiger partial charge in [0.2, 0.25) is 5.09 Å². The number of carbonyl (C=O) groups is 1. The monoisotopic (exact) mass is 421 g/mol. The highest BCUT2D eigenvalue weighted by Crippen LogP contribution is 2.24. The first-order valence-electron chi connectivity index (χ1n) is 9.85. The van der Waals surface area contributed by atoms with Gasteiger partial charge in [-0.25, -0.2) is 12.8 Å². The van der Waals surface area contributed by atoms with Crippen molar-refractivity contribution in [2.45, 2.75) is 24.4 Å². The van der Waals surface area contributed by atoms with Crippen molar-refractivity contribution in [3.8, 4) is 0 Å². The molecule has 2 aliphatic rings. The SMILES string of the molecule is O=C(c1ccc(S(=O)(=O)N2CCCCC2)o1)N1CCN(c2ccc(F)cc2)CC1. The Hall–Kier alpha value is -2.39. The molecule has 2 fully saturated rings. The Labute approximate surface area is 169 Å². The van der Waals surface area contributed by atoms with Crippen molar-refractivity contribution in [3.63, 3.8) is 0 Å². The lowest BCUT2D eigenvalue weighted by Crippen LogP contribution is -2.48. The number of furan rings is 1. The molecule has 0 N–H and O–H groups in total. The summed E-state index contributed by atoms with van der Waals surface area (Å²) in [5.74, 6) is -0.560. The minimum atomic E-state index is -3.70. The van der Waals surface area contributed by atoms with Gasteiger partial charge >= 0.3 is 0 Å². The number of sulfonamides is 1. The second-order valence-electron chi connectivity index (χ2n) is 7.34. The summed E-state index contributed by atoms with van der Waals surface area (Å²) in [5.41, 5.74) is 0.909. The number of carbonyl (C=O) groups excluding carboxylic acids is 1. The first kappa shape index (κ1) is 19.9. The third-order valence-electron chi connectivity index (χ3n) is 5.46. The molecule has 4 rings (SSSR count). The first-order valence-corrected chi connectivity index (χ1v) is 11.3. The zero-order chi connectivity index (χ0) is 20.4. The van der Waals surface area contributed by atoms with Crippen LogP contribution in [0.25, 0.3) is 0 Å². The smallest absolute Gasteiger partial charge is 0.289 e. The molecule has 156 valence electrons. The summed E-state index contributed by atoms with van der Waals surface area (Å²) < 4.78 is 45.4. The molecule has 0 aliphatic carbocycles. The second-order valence-corrected chi connectivity index (χ2v) is 9.21. The lowest BCUT2D eigenvalue weighted by molar-refractivity contribution is 0.0708. The Morgan fingerprint density at radius 1 is 0.862 bits per heavy atom. The van der Waals surface area contributed by atoms with E-state index in [1.165, 1.54) is 28.6 Å². The van der Waals surface area contributed by atoms with E-state index in [2.05, 4.69) is 4.90 Å². The maximum absolute atomic E-state index is 13.1. The van der Waals surface area contributed by atoms with E-state index in [9.17, 15) is 17.6 Å². The zero-order valence-corrected chi connectivity index (χ0v) is 16.9. The first-order chi connectivity index (χ1) is 13.9. The molecule has 0 bridgehead atoms. The van der Waals surface area contributed by atoms with E-state index in [4.69, 9.17) is 4.42 Å². The van der Waals surface area contributed by atoms with Crippen LogP contribution < -0.4 is 4.90 Å². The molecule has 0 saturated carbocycles. The average Bonchev–Trinajstić information content (AvgIpc) is 3.26. The summed E-state index contributed by atoms with van der Waals surface area (Å²) in [7, 11) is -3.70. The highest BCUT2D eigenvalue weighted by atomic mass is 32.2. The van der Waals surface area contributed by atoms with Gasteiger partial charge in [-0.3, -0.25) is 4.79 Å². The summed E-state index contributed by atoms with van der Waals surface area (Å²) >= 11 is 0. The van der Waals surface area contributed by atoms with Crippen LogP contribution in [0.3, 0.4) is 0 Å². The van der Waals surface area contributed by atoms with Crippen LogP contribution in [0.2, 0.25) is 0 Å². The Bertz CT molecular complexity index is 960. The molecule has 2 aromatic rings. The molecule has 0 radical (unpaired) electrons. The van der Waals surface area contributed by atoms with Crippen LogP contribution in [0, 0.1) is 5.82 Å². The number of piperidine rings is 1. The molecule has 0 unspecified atom stereocenters. The largest absolute Gasteiger partial charge is 0.438 e. The topological polar surface area (TPSA) is 74.1 Å². The number of piperazine rings is 1. The third-order valence-corrected chi connectivity index (χ3v) is 7.23. The van der Waals surface area contributed by atoms with Crippen molar-refractivity contribution in [2.24, 2.45) is 0 Å². The molecular weight excluding hydrogens is 397 g/mol. The molecular formula is C20H24FN3O4S. The van der Waals surface area contributed by atoms with Gasteiger partial charge in [0.15, 0.2) is 5.76 Å². The number of amides is 1. The van der Waals surface area contributed by atoms with Crippen molar-refractivity contribution in [1.82, 2.24) is 9.21 Å². The molecule has 3 heterocycles. The van der Waals surface area contributed by atoms with Crippen molar-refractivity contribution < 1.29 is 22.0 Å². The number of anilines is 1. The van der Waals surface area contributed by atoms with E-state index in [-0.39, 0.29) is 22.6 Å². The van der Waals surface area contributed by atoms with Crippen molar-refractivity contribution in [2.75, 3.05) is 44.2 Å². The van der Waals surface area contributed by atoms with Gasteiger partial charge in [-0.05, 0) is 49.2 Å². The standard InChI is InChI=1S/C20H24FN3O4S/c21-16-4-6-17(7-5-16)22-12-14-23(15-13-22)20(25)18-8-9-19(28-18)29(26,27)24-10-2-1-3-11-24/h4-9H,1-3,10-15H2. The van der Waals surface area contributed by atoms with Crippen LogP contribution in [-0.4, -0.2) is 62.8 Å². The number of benzene rings is 1. The molecule has 7 nitrogen and oxygen atoms in total. The van der Waals surface area contributed by atoms with E-state index in [0.717, 1.165) is 24.9 Å². The number of halogens is 1. The maximum atomic E-state index is 13.1. The lowest BCUT2D eigenvalue weighted by atomic mass is 10.2. The normalized spacial score (nSPS) is 18.8. The Kier molecular flexibility index (Phi) is 5.60. The molecule has 2 aliphatic heterocycles. The predicted molar refractivity (Wildman–Crippen MR) is 106 cm³/mol. The summed E-state index contributed by atoms with van der Waals surface area (Å²) in [6, 6.07) is 9.08. The van der Waals surface area contributed by atoms with Gasteiger partial charge < -0.3 is 14.2 Å². The molecule has 1 aromatic heterocycles. The Morgan fingerprint density at radius 3 is 2.17 bits per heavy atom. The number of nitrogens with zero attached hydrogens (tertiary/aromatic N) is 3. The van der Waals surface area contributed by atoms with Crippen LogP contribution in [0.4, 0.5) is 10.1 Å². The van der Waals surface area contributed by atoms with E-state index >= 15 is 0 Å². The summed E-state index contributed by atoms with van der Waals surface area (Å²) in [5, 5.41) is -0.173. The summed E-state index contributed by atoms with van der Waals surface area (Å²) in [6.45, 7) is 3.14. The molecule has 29 heavy (non-hydrogen) atoms. The number of hydrogen-bond acceptors (Lipinski definition) is 5. The molecule has 9 heteroatoms. The molecule has 2 saturated heterocycles. The quantitative estimate of drug-likeness (QED) is 0.759. The fourth-order valence-corrected chi connectivity index (χ4v) is 5.21. The van der Waals surface area contributed by atoms with Crippen LogP contribution in [0.5, 0.6) is 0 Å². The van der Waals surface area contributed by atoms with Crippen LogP contribution in [-0.2, 0) is 10.0 Å². The highest BCUT2D eigenvalue weighted by Gasteiger charge is 2.31. The molecule has 0 spiro atoms. The van der Waals surface area contributed by atoms with Gasteiger partial charge in [0, 0.05) is 45.0 Å². The van der Waals surface area contributed by atoms with Crippen molar-refractivity contribution >= 4 is 21.6 Å². The fraction of sp³-hybridized carbons (Fsp3) is 0.450. The van der Waals surface area contributed by atoms with Gasteiger partial charge in [-0.2, -0.15) is 4.31 Å². The predicted octanol–water partition coefficient (Wildman–Crippen LogP) is 2.56. The highest BCUT2D eigenvalue weighted by molar-refractivity contribution is 7.89. The number of hydrogen-bond donors (Lipinski definition) is 0. The molecule has 1 aromatic carbocycles. The molecule has 1 amide bonds. The van der Waals surface area contributed by atoms with Gasteiger partial charge in [0.05, 0.1) is 0 Å². The van der Waals surface area contributed by atoms with Crippen molar-refractivity contribution in [3.05, 3.63) is 48.0 Å². The minimum absolute atomic E-state index is 0.0378. The van der Waals surface area contributed by atoms with Gasteiger partial charge in [0.25, 0.3) is 15.9 Å². The Morgan fingerprint density at radius 2 is 1.52 bits per heavy atom. The average molecular weight is 421 g/mol. The van der Waals surface area contributed by atoms with E-state index in [1.54, 1.807) is 17.0 Å². The third kappa shape index (κ3) is 4.16. The van der Waals surface area contributed by atoms with Gasteiger partial charge in [-0.15, -0.1) is 0 Å². The summed E-state index contributed by atoms with van der Waals surface area (Å²) in [4.78, 5) is 16.5. The summed E-state index contributed by atoms with van der Waals surface area (Å²) in [6.07, 6.45) is 2.70. The second kappa shape index (κ2) is 8.16. The van der Waals surface area contributed by atoms with Gasteiger partial charge in [-0.1, -0.05) is 6.42 Å². The fourth-order valence-electron chi connectivity index (χ4n) is 3.78. The Balaban J connectivity index is 1.40. The van der Waals surface area contributed by atoms with E-state index in [1.807, 2.05) is 0 Å². The lowest BCUT2D eigenvalue weighted by Gasteiger charge is -2.35. The van der Waals surface area contributed by atoms with Gasteiger partial charge in [0.1, 0.15) is 5.82 Å². The number of rotatable bonds is 4. The van der Waals surface area contributed by atoms with E-state index < -0.39 is 10.0 Å². The maximum Gasteiger partial charge on any atom is 0.289 e. The molecule has 0 atom stereocenters. The van der Waals surface area contributed by atoms with Crippen LogP contribution in [0.15, 0.2) is 45.9 Å². The van der Waals surface area contributed by atoms with Crippen molar-refractivity contribution in [1.29, 1.82) is 0 Å². The van der Waals surface area contributed by atoms with Crippen LogP contribution in [0.1, 0.15) is 29.8 Å². The van der Waals surface area contributed by atoms with Crippen LogP contribution >= 0.6 is 0 Å². The van der Waals surface area contributed by atoms with E-state index in [0.29, 0.717) is 39.3 Å².